The van der Waals surface area contributed by atoms with Crippen molar-refractivity contribution < 1.29 is 18.0 Å². The molecule has 0 saturated carbocycles. The van der Waals surface area contributed by atoms with Gasteiger partial charge in [-0.05, 0) is 6.92 Å². The van der Waals surface area contributed by atoms with Crippen molar-refractivity contribution in [1.82, 2.24) is 9.78 Å². The Labute approximate surface area is 121 Å². The quantitative estimate of drug-likeness (QED) is 0.926. The molecule has 0 aromatic carbocycles. The van der Waals surface area contributed by atoms with E-state index in [0.29, 0.717) is 5.69 Å². The second-order valence-corrected chi connectivity index (χ2v) is 4.94. The Morgan fingerprint density at radius 2 is 2.14 bits per heavy atom. The molecule has 110 valence electrons. The molecule has 2 aromatic rings. The predicted octanol–water partition coefficient (Wildman–Crippen LogP) is 2.93. The van der Waals surface area contributed by atoms with Gasteiger partial charge in [-0.1, -0.05) is 0 Å². The van der Waals surface area contributed by atoms with E-state index in [-0.39, 0.29) is 11.4 Å². The average molecular weight is 314 g/mol. The molecule has 0 bridgehead atoms. The zero-order valence-electron chi connectivity index (χ0n) is 10.9. The summed E-state index contributed by atoms with van der Waals surface area (Å²) in [5, 5.41) is 17.1. The first-order chi connectivity index (χ1) is 9.75. The fourth-order valence-corrected chi connectivity index (χ4v) is 2.53. The van der Waals surface area contributed by atoms with Crippen molar-refractivity contribution in [1.29, 1.82) is 5.26 Å². The molecule has 21 heavy (non-hydrogen) atoms. The van der Waals surface area contributed by atoms with Crippen molar-refractivity contribution in [3.8, 4) is 6.07 Å². The summed E-state index contributed by atoms with van der Waals surface area (Å²) in [6.07, 6.45) is -4.61. The molecule has 0 unspecified atom stereocenters. The summed E-state index contributed by atoms with van der Waals surface area (Å²) in [6.45, 7) is 1.62. The number of amides is 1. The van der Waals surface area contributed by atoms with Crippen molar-refractivity contribution in [3.05, 3.63) is 33.1 Å². The smallest absolute Gasteiger partial charge is 0.304 e. The van der Waals surface area contributed by atoms with Crippen LogP contribution in [0.25, 0.3) is 0 Å². The molecule has 0 fully saturated rings. The van der Waals surface area contributed by atoms with E-state index in [2.05, 4.69) is 10.4 Å². The fourth-order valence-electron chi connectivity index (χ4n) is 1.70. The lowest BCUT2D eigenvalue weighted by Gasteiger charge is -2.07. The first-order valence-corrected chi connectivity index (χ1v) is 6.58. The normalized spacial score (nSPS) is 11.2. The third kappa shape index (κ3) is 2.75. The van der Waals surface area contributed by atoms with Crippen LogP contribution in [0.1, 0.15) is 27.2 Å². The number of halogens is 3. The maximum atomic E-state index is 12.7. The maximum Gasteiger partial charge on any atom is 0.417 e. The van der Waals surface area contributed by atoms with Crippen LogP contribution in [0.4, 0.5) is 19.0 Å². The van der Waals surface area contributed by atoms with Crippen LogP contribution >= 0.6 is 11.3 Å². The Morgan fingerprint density at radius 3 is 2.71 bits per heavy atom. The molecule has 2 rings (SSSR count). The number of aromatic nitrogens is 2. The lowest BCUT2D eigenvalue weighted by Crippen LogP contribution is -2.17. The number of nitrogens with zero attached hydrogens (tertiary/aromatic N) is 3. The van der Waals surface area contributed by atoms with E-state index < -0.39 is 23.2 Å². The lowest BCUT2D eigenvalue weighted by molar-refractivity contribution is -0.137. The third-order valence-corrected chi connectivity index (χ3v) is 3.63. The summed E-state index contributed by atoms with van der Waals surface area (Å²) >= 11 is 0.779. The van der Waals surface area contributed by atoms with Crippen LogP contribution in [0.15, 0.2) is 10.8 Å². The van der Waals surface area contributed by atoms with Crippen LogP contribution in [0.2, 0.25) is 0 Å². The number of aryl methyl sites for hydroxylation is 1. The minimum atomic E-state index is -4.61. The van der Waals surface area contributed by atoms with Crippen LogP contribution in [-0.4, -0.2) is 15.7 Å². The van der Waals surface area contributed by atoms with Gasteiger partial charge < -0.3 is 5.32 Å². The molecule has 2 heterocycles. The van der Waals surface area contributed by atoms with E-state index in [1.807, 2.05) is 6.07 Å². The van der Waals surface area contributed by atoms with E-state index in [0.717, 1.165) is 22.1 Å². The zero-order chi connectivity index (χ0) is 15.8. The highest BCUT2D eigenvalue weighted by Crippen LogP contribution is 2.34. The summed E-state index contributed by atoms with van der Waals surface area (Å²) in [6, 6.07) is 1.86. The van der Waals surface area contributed by atoms with Gasteiger partial charge >= 0.3 is 6.18 Å². The Kier molecular flexibility index (Phi) is 3.74. The zero-order valence-corrected chi connectivity index (χ0v) is 11.8. The van der Waals surface area contributed by atoms with Gasteiger partial charge in [0.15, 0.2) is 5.82 Å². The Bertz CT molecular complexity index is 739. The van der Waals surface area contributed by atoms with Gasteiger partial charge in [-0.3, -0.25) is 9.48 Å². The summed E-state index contributed by atoms with van der Waals surface area (Å²) in [5.41, 5.74) is -0.861. The highest BCUT2D eigenvalue weighted by atomic mass is 32.1. The van der Waals surface area contributed by atoms with Crippen molar-refractivity contribution in [2.75, 3.05) is 5.32 Å². The highest BCUT2D eigenvalue weighted by molar-refractivity contribution is 7.08. The number of anilines is 1. The molecule has 0 radical (unpaired) electrons. The molecule has 0 aliphatic heterocycles. The van der Waals surface area contributed by atoms with Crippen LogP contribution in [0.5, 0.6) is 0 Å². The maximum absolute atomic E-state index is 12.7. The predicted molar refractivity (Wildman–Crippen MR) is 69.9 cm³/mol. The van der Waals surface area contributed by atoms with Gasteiger partial charge in [-0.15, -0.1) is 0 Å². The first kappa shape index (κ1) is 15.1. The Balaban J connectivity index is 2.34. The molecule has 2 aromatic heterocycles. The molecule has 0 atom stereocenters. The molecule has 0 saturated heterocycles. The number of alkyl halides is 3. The lowest BCUT2D eigenvalue weighted by atomic mass is 10.2. The number of thiophene rings is 1. The summed E-state index contributed by atoms with van der Waals surface area (Å²) in [5.74, 6) is -1.00. The number of nitriles is 1. The van der Waals surface area contributed by atoms with Crippen molar-refractivity contribution >= 4 is 23.1 Å². The molecule has 5 nitrogen and oxygen atoms in total. The van der Waals surface area contributed by atoms with E-state index in [4.69, 9.17) is 5.26 Å². The van der Waals surface area contributed by atoms with Crippen LogP contribution in [-0.2, 0) is 13.2 Å². The molecule has 1 amide bonds. The summed E-state index contributed by atoms with van der Waals surface area (Å²) in [4.78, 5) is 12.0. The monoisotopic (exact) mass is 314 g/mol. The molecule has 1 N–H and O–H groups in total. The van der Waals surface area contributed by atoms with Gasteiger partial charge in [-0.25, -0.2) is 0 Å². The third-order valence-electron chi connectivity index (χ3n) is 2.89. The van der Waals surface area contributed by atoms with Crippen molar-refractivity contribution in [3.63, 3.8) is 0 Å². The van der Waals surface area contributed by atoms with E-state index in [1.54, 1.807) is 14.0 Å². The Morgan fingerprint density at radius 1 is 1.48 bits per heavy atom. The van der Waals surface area contributed by atoms with Gasteiger partial charge in [0.05, 0.1) is 16.8 Å². The number of carbonyl (C=O) groups excluding carboxylic acids is 1. The van der Waals surface area contributed by atoms with Gasteiger partial charge in [0.1, 0.15) is 11.6 Å². The standard InChI is InChI=1S/C12H9F3N4OS/c1-6-7(3-16)10(18-19(6)2)17-11(20)8-4-21-5-9(8)12(13,14)15/h4-5H,1-2H3,(H,17,18,20). The van der Waals surface area contributed by atoms with Crippen LogP contribution in [0.3, 0.4) is 0 Å². The van der Waals surface area contributed by atoms with Crippen molar-refractivity contribution in [2.45, 2.75) is 13.1 Å². The molecular formula is C12H9F3N4OS. The molecule has 0 aliphatic rings. The van der Waals surface area contributed by atoms with E-state index in [9.17, 15) is 18.0 Å². The Hall–Kier alpha value is -2.34. The number of hydrogen-bond donors (Lipinski definition) is 1. The van der Waals surface area contributed by atoms with Gasteiger partial charge in [-0.2, -0.15) is 34.9 Å². The fraction of sp³-hybridized carbons (Fsp3) is 0.250. The number of rotatable bonds is 2. The SMILES string of the molecule is Cc1c(C#N)c(NC(=O)c2cscc2C(F)(F)F)nn1C. The highest BCUT2D eigenvalue weighted by Gasteiger charge is 2.36. The van der Waals surface area contributed by atoms with E-state index in [1.165, 1.54) is 4.68 Å². The average Bonchev–Trinajstić information content (AvgIpc) is 2.96. The first-order valence-electron chi connectivity index (χ1n) is 5.64. The van der Waals surface area contributed by atoms with Crippen molar-refractivity contribution in [2.24, 2.45) is 7.05 Å². The molecule has 0 aliphatic carbocycles. The van der Waals surface area contributed by atoms with Gasteiger partial charge in [0.2, 0.25) is 0 Å². The second-order valence-electron chi connectivity index (χ2n) is 4.20. The number of nitrogens with one attached hydrogen (secondary N) is 1. The largest absolute Gasteiger partial charge is 0.417 e. The van der Waals surface area contributed by atoms with Gasteiger partial charge in [0.25, 0.3) is 5.91 Å². The molecule has 0 spiro atoms. The molecule has 9 heteroatoms. The minimum Gasteiger partial charge on any atom is -0.304 e. The number of carbonyl (C=O) groups is 1. The number of hydrogen-bond acceptors (Lipinski definition) is 4. The second kappa shape index (κ2) is 5.21. The van der Waals surface area contributed by atoms with E-state index >= 15 is 0 Å². The van der Waals surface area contributed by atoms with Crippen LogP contribution < -0.4 is 5.32 Å². The minimum absolute atomic E-state index is 0.0539. The molecular weight excluding hydrogens is 305 g/mol. The summed E-state index contributed by atoms with van der Waals surface area (Å²) < 4.78 is 39.6. The van der Waals surface area contributed by atoms with Gasteiger partial charge in [0, 0.05) is 17.8 Å². The topological polar surface area (TPSA) is 70.7 Å². The summed E-state index contributed by atoms with van der Waals surface area (Å²) in [7, 11) is 1.57. The van der Waals surface area contributed by atoms with Crippen LogP contribution in [0, 0.1) is 18.3 Å².